The van der Waals surface area contributed by atoms with Crippen molar-refractivity contribution in [1.29, 1.82) is 5.26 Å². The highest BCUT2D eigenvalue weighted by atomic mass is 35.5. The molecule has 5 saturated heterocycles. The Morgan fingerprint density at radius 1 is 1.23 bits per heavy atom. The minimum atomic E-state index is -0.719. The van der Waals surface area contributed by atoms with Gasteiger partial charge < -0.3 is 25.6 Å². The van der Waals surface area contributed by atoms with Gasteiger partial charge in [0.1, 0.15) is 34.8 Å². The van der Waals surface area contributed by atoms with E-state index in [1.807, 2.05) is 6.07 Å². The first kappa shape index (κ1) is 31.4. The number of thiophene rings is 1. The number of carbonyl (C=O) groups excluding carboxylic acids is 1. The molecule has 7 heterocycles. The Morgan fingerprint density at radius 3 is 2.67 bits per heavy atom. The lowest BCUT2D eigenvalue weighted by Crippen LogP contribution is -2.61. The lowest BCUT2D eigenvalue weighted by molar-refractivity contribution is -0.125. The van der Waals surface area contributed by atoms with E-state index in [2.05, 4.69) is 27.0 Å². The van der Waals surface area contributed by atoms with E-state index in [0.717, 1.165) is 69.0 Å². The summed E-state index contributed by atoms with van der Waals surface area (Å²) in [7, 11) is 0. The second kappa shape index (κ2) is 11.9. The number of fused-ring (bicyclic) bond motifs is 4. The van der Waals surface area contributed by atoms with Gasteiger partial charge in [0.2, 0.25) is 6.41 Å². The zero-order valence-corrected chi connectivity index (χ0v) is 28.0. The van der Waals surface area contributed by atoms with Crippen LogP contribution in [0.5, 0.6) is 6.01 Å². The number of nitriles is 1. The highest BCUT2D eigenvalue weighted by Crippen LogP contribution is 2.47. The van der Waals surface area contributed by atoms with Crippen LogP contribution in [0.3, 0.4) is 0 Å². The van der Waals surface area contributed by atoms with E-state index in [0.29, 0.717) is 30.9 Å². The van der Waals surface area contributed by atoms with Gasteiger partial charge in [-0.1, -0.05) is 17.7 Å². The Bertz CT molecular complexity index is 1990. The Balaban J connectivity index is 0.000000785. The molecule has 250 valence electrons. The molecule has 10 nitrogen and oxygen atoms in total. The van der Waals surface area contributed by atoms with Crippen molar-refractivity contribution >= 4 is 61.2 Å². The average Bonchev–Trinajstić information content (AvgIpc) is 3.35. The molecule has 2 aromatic carbocycles. The van der Waals surface area contributed by atoms with E-state index in [1.54, 1.807) is 11.0 Å². The lowest BCUT2D eigenvalue weighted by Gasteiger charge is -2.45. The maximum absolute atomic E-state index is 16.9. The molecular formula is C34H35ClF2N8O2S. The van der Waals surface area contributed by atoms with Crippen LogP contribution >= 0.6 is 22.9 Å². The van der Waals surface area contributed by atoms with Gasteiger partial charge >= 0.3 is 6.01 Å². The zero-order chi connectivity index (χ0) is 33.3. The standard InChI is InChI=1S/C31H28ClF2N7O2S.C3H7N/c32-19-11-17-26(25(34)24(19)16-3-4-20(33)27-23(16)18(12-35)28(36)44-27)37-30(43-14-31-6-1-8-40(31)9-2-7-31)38-29(17)41-10-5-21-22(41)13-39(21)15-42;1-3-2-4-3/h3-4,11,15,21-22H,1-2,5-10,13-14,36H2;3-4H,2H2,1H3. The number of nitrogens with two attached hydrogens (primary N) is 1. The molecule has 2 aromatic heterocycles. The number of anilines is 2. The summed E-state index contributed by atoms with van der Waals surface area (Å²) in [5.41, 5.74) is 6.35. The fraction of sp³-hybridized carbons (Fsp3) is 0.471. The maximum atomic E-state index is 16.9. The van der Waals surface area contributed by atoms with E-state index in [4.69, 9.17) is 27.1 Å². The molecule has 3 N–H and O–H groups in total. The largest absolute Gasteiger partial charge is 0.461 e. The van der Waals surface area contributed by atoms with Crippen molar-refractivity contribution < 1.29 is 18.3 Å². The number of amides is 1. The van der Waals surface area contributed by atoms with Crippen molar-refractivity contribution in [2.45, 2.75) is 62.7 Å². The fourth-order valence-electron chi connectivity index (χ4n) is 8.02. The molecule has 0 spiro atoms. The first-order valence-electron chi connectivity index (χ1n) is 16.4. The second-order valence-electron chi connectivity index (χ2n) is 13.5. The second-order valence-corrected chi connectivity index (χ2v) is 14.9. The number of aromatic nitrogens is 2. The number of nitrogens with one attached hydrogen (secondary N) is 1. The van der Waals surface area contributed by atoms with Crippen LogP contribution in [0.1, 0.15) is 44.6 Å². The SMILES string of the molecule is CC1CN1.N#Cc1c(N)sc2c(F)ccc(-c3c(Cl)cc4c(N5CCC6C5CN6C=O)nc(OCC56CCCN5CCC6)nc4c3F)c12. The number of nitrogens with zero attached hydrogens (tertiary/aromatic N) is 6. The summed E-state index contributed by atoms with van der Waals surface area (Å²) < 4.78 is 38.2. The summed E-state index contributed by atoms with van der Waals surface area (Å²) in [4.78, 5) is 27.3. The third-order valence-electron chi connectivity index (χ3n) is 10.7. The predicted octanol–water partition coefficient (Wildman–Crippen LogP) is 5.30. The molecule has 3 atom stereocenters. The van der Waals surface area contributed by atoms with Gasteiger partial charge in [-0.05, 0) is 69.8 Å². The molecule has 3 unspecified atom stereocenters. The first-order chi connectivity index (χ1) is 23.2. The molecule has 0 bridgehead atoms. The van der Waals surface area contributed by atoms with Crippen molar-refractivity contribution in [1.82, 2.24) is 25.1 Å². The normalized spacial score (nSPS) is 23.8. The number of likely N-dealkylation sites (tertiary alicyclic amines) is 1. The Kier molecular flexibility index (Phi) is 7.82. The predicted molar refractivity (Wildman–Crippen MR) is 182 cm³/mol. The first-order valence-corrected chi connectivity index (χ1v) is 17.6. The zero-order valence-electron chi connectivity index (χ0n) is 26.4. The van der Waals surface area contributed by atoms with Crippen LogP contribution in [0.25, 0.3) is 32.1 Å². The molecule has 4 aromatic rings. The highest BCUT2D eigenvalue weighted by Gasteiger charge is 2.48. The average molecular weight is 693 g/mol. The summed E-state index contributed by atoms with van der Waals surface area (Å²) in [5, 5.41) is 13.8. The number of benzene rings is 2. The van der Waals surface area contributed by atoms with E-state index in [1.165, 1.54) is 18.7 Å². The number of halogens is 3. The van der Waals surface area contributed by atoms with E-state index >= 15 is 4.39 Å². The smallest absolute Gasteiger partial charge is 0.319 e. The molecule has 1 amide bonds. The van der Waals surface area contributed by atoms with Gasteiger partial charge in [0.05, 0.1) is 32.9 Å². The van der Waals surface area contributed by atoms with Crippen LogP contribution in [0.2, 0.25) is 5.02 Å². The van der Waals surface area contributed by atoms with Crippen LogP contribution in [0.4, 0.5) is 19.6 Å². The minimum Gasteiger partial charge on any atom is -0.461 e. The summed E-state index contributed by atoms with van der Waals surface area (Å²) in [6.07, 6.45) is 5.91. The van der Waals surface area contributed by atoms with Crippen LogP contribution in [-0.4, -0.2) is 89.2 Å². The van der Waals surface area contributed by atoms with Gasteiger partial charge in [-0.2, -0.15) is 15.2 Å². The van der Waals surface area contributed by atoms with E-state index < -0.39 is 11.6 Å². The lowest BCUT2D eigenvalue weighted by atomic mass is 9.95. The summed E-state index contributed by atoms with van der Waals surface area (Å²) >= 11 is 7.77. The highest BCUT2D eigenvalue weighted by molar-refractivity contribution is 7.23. The number of hydrogen-bond acceptors (Lipinski definition) is 10. The van der Waals surface area contributed by atoms with Crippen molar-refractivity contribution in [3.05, 3.63) is 40.4 Å². The molecule has 9 rings (SSSR count). The molecule has 5 aliphatic rings. The van der Waals surface area contributed by atoms with Crippen LogP contribution < -0.4 is 20.7 Å². The third-order valence-corrected chi connectivity index (χ3v) is 12.0. The fourth-order valence-corrected chi connectivity index (χ4v) is 9.26. The number of nitrogen functional groups attached to an aromatic ring is 1. The summed E-state index contributed by atoms with van der Waals surface area (Å²) in [6.45, 7) is 7.06. The van der Waals surface area contributed by atoms with Crippen LogP contribution in [-0.2, 0) is 4.79 Å². The van der Waals surface area contributed by atoms with Crippen molar-refractivity contribution in [2.75, 3.05) is 50.0 Å². The van der Waals surface area contributed by atoms with E-state index in [-0.39, 0.29) is 65.9 Å². The van der Waals surface area contributed by atoms with Gasteiger partial charge in [0.25, 0.3) is 0 Å². The van der Waals surface area contributed by atoms with Gasteiger partial charge in [-0.3, -0.25) is 9.69 Å². The van der Waals surface area contributed by atoms with E-state index in [9.17, 15) is 14.4 Å². The van der Waals surface area contributed by atoms with Gasteiger partial charge in [-0.15, -0.1) is 11.3 Å². The number of ether oxygens (including phenoxy) is 1. The molecule has 0 radical (unpaired) electrons. The third kappa shape index (κ3) is 5.03. The number of carbonyl (C=O) groups is 1. The van der Waals surface area contributed by atoms with Gasteiger partial charge in [0, 0.05) is 42.0 Å². The summed E-state index contributed by atoms with van der Waals surface area (Å²) in [6, 6.07) is 7.32. The van der Waals surface area contributed by atoms with Crippen LogP contribution in [0.15, 0.2) is 18.2 Å². The number of hydrogen-bond donors (Lipinski definition) is 2. The van der Waals surface area contributed by atoms with Crippen molar-refractivity contribution in [3.63, 3.8) is 0 Å². The summed E-state index contributed by atoms with van der Waals surface area (Å²) in [5.74, 6) is -0.771. The molecule has 5 aliphatic heterocycles. The monoisotopic (exact) mass is 692 g/mol. The van der Waals surface area contributed by atoms with Crippen molar-refractivity contribution in [2.24, 2.45) is 0 Å². The maximum Gasteiger partial charge on any atom is 0.319 e. The Hall–Kier alpha value is -3.83. The minimum absolute atomic E-state index is 0.000457. The Morgan fingerprint density at radius 2 is 1.98 bits per heavy atom. The molecule has 0 saturated carbocycles. The Labute approximate surface area is 285 Å². The molecule has 0 aliphatic carbocycles. The molecule has 5 fully saturated rings. The van der Waals surface area contributed by atoms with Gasteiger partial charge in [0.15, 0.2) is 5.82 Å². The molecule has 48 heavy (non-hydrogen) atoms. The molecular weight excluding hydrogens is 658 g/mol. The van der Waals surface area contributed by atoms with Crippen molar-refractivity contribution in [3.8, 4) is 23.2 Å². The quantitative estimate of drug-likeness (QED) is 0.204. The molecule has 14 heteroatoms. The van der Waals surface area contributed by atoms with Crippen LogP contribution in [0, 0.1) is 23.0 Å². The van der Waals surface area contributed by atoms with Gasteiger partial charge in [-0.25, -0.2) is 8.78 Å². The topological polar surface area (TPSA) is 134 Å². The number of rotatable bonds is 6.